The smallest absolute Gasteiger partial charge is 0.318 e. The van der Waals surface area contributed by atoms with E-state index in [1.165, 1.54) is 12.1 Å². The SMILES string of the molecule is C=CCN(CC(=O)O)S(=O)(=O)c1ccc(C)cc1Br. The highest BCUT2D eigenvalue weighted by atomic mass is 79.9. The Labute approximate surface area is 120 Å². The van der Waals surface area contributed by atoms with Crippen LogP contribution in [-0.2, 0) is 14.8 Å². The molecular weight excluding hydrogens is 334 g/mol. The van der Waals surface area contributed by atoms with Gasteiger partial charge in [-0.2, -0.15) is 4.31 Å². The fraction of sp³-hybridized carbons (Fsp3) is 0.250. The number of aryl methyl sites for hydroxylation is 1. The van der Waals surface area contributed by atoms with Crippen molar-refractivity contribution in [2.24, 2.45) is 0 Å². The third-order valence-electron chi connectivity index (χ3n) is 2.35. The number of carboxylic acids is 1. The van der Waals surface area contributed by atoms with Crippen LogP contribution in [0.5, 0.6) is 0 Å². The minimum Gasteiger partial charge on any atom is -0.480 e. The average molecular weight is 348 g/mol. The summed E-state index contributed by atoms with van der Waals surface area (Å²) in [5, 5.41) is 8.78. The van der Waals surface area contributed by atoms with E-state index < -0.39 is 22.5 Å². The zero-order chi connectivity index (χ0) is 14.6. The van der Waals surface area contributed by atoms with Crippen LogP contribution in [-0.4, -0.2) is 36.9 Å². The number of carboxylic acid groups (broad SMARTS) is 1. The third-order valence-corrected chi connectivity index (χ3v) is 5.14. The van der Waals surface area contributed by atoms with Crippen LogP contribution in [0, 0.1) is 6.92 Å². The molecule has 0 atom stereocenters. The Hall–Kier alpha value is -1.18. The summed E-state index contributed by atoms with van der Waals surface area (Å²) in [7, 11) is -3.87. The van der Waals surface area contributed by atoms with Gasteiger partial charge in [0.25, 0.3) is 0 Å². The zero-order valence-electron chi connectivity index (χ0n) is 10.3. The molecule has 0 saturated carbocycles. The van der Waals surface area contributed by atoms with Crippen molar-refractivity contribution in [2.45, 2.75) is 11.8 Å². The van der Waals surface area contributed by atoms with Crippen molar-refractivity contribution < 1.29 is 18.3 Å². The summed E-state index contributed by atoms with van der Waals surface area (Å²) in [6.07, 6.45) is 1.35. The summed E-state index contributed by atoms with van der Waals surface area (Å²) < 4.78 is 26.0. The lowest BCUT2D eigenvalue weighted by molar-refractivity contribution is -0.137. The number of sulfonamides is 1. The maximum Gasteiger partial charge on any atom is 0.318 e. The summed E-state index contributed by atoms with van der Waals surface area (Å²) in [4.78, 5) is 10.8. The molecule has 0 aliphatic carbocycles. The molecule has 19 heavy (non-hydrogen) atoms. The van der Waals surface area contributed by atoms with Crippen molar-refractivity contribution in [3.8, 4) is 0 Å². The molecule has 0 aliphatic heterocycles. The van der Waals surface area contributed by atoms with E-state index in [1.807, 2.05) is 6.92 Å². The first-order valence-electron chi connectivity index (χ1n) is 5.38. The summed E-state index contributed by atoms with van der Waals surface area (Å²) in [6, 6.07) is 4.77. The van der Waals surface area contributed by atoms with Crippen molar-refractivity contribution in [2.75, 3.05) is 13.1 Å². The molecule has 0 aromatic heterocycles. The molecule has 1 N–H and O–H groups in total. The summed E-state index contributed by atoms with van der Waals surface area (Å²) in [5.41, 5.74) is 0.902. The second-order valence-electron chi connectivity index (χ2n) is 3.91. The molecule has 5 nitrogen and oxygen atoms in total. The van der Waals surface area contributed by atoms with E-state index in [9.17, 15) is 13.2 Å². The van der Waals surface area contributed by atoms with E-state index in [-0.39, 0.29) is 11.4 Å². The van der Waals surface area contributed by atoms with Gasteiger partial charge in [0.05, 0.1) is 4.90 Å². The highest BCUT2D eigenvalue weighted by Crippen LogP contribution is 2.26. The fourth-order valence-electron chi connectivity index (χ4n) is 1.50. The highest BCUT2D eigenvalue weighted by molar-refractivity contribution is 9.10. The number of halogens is 1. The van der Waals surface area contributed by atoms with Gasteiger partial charge in [-0.3, -0.25) is 4.79 Å². The molecule has 1 aromatic rings. The van der Waals surface area contributed by atoms with Crippen LogP contribution in [0.1, 0.15) is 5.56 Å². The number of benzene rings is 1. The van der Waals surface area contributed by atoms with Crippen molar-refractivity contribution in [1.82, 2.24) is 4.31 Å². The summed E-state index contributed by atoms with van der Waals surface area (Å²) >= 11 is 3.19. The molecule has 0 saturated heterocycles. The van der Waals surface area contributed by atoms with Gasteiger partial charge in [0.1, 0.15) is 6.54 Å². The lowest BCUT2D eigenvalue weighted by Crippen LogP contribution is -2.35. The first-order chi connectivity index (χ1) is 8.78. The Morgan fingerprint density at radius 3 is 2.63 bits per heavy atom. The Morgan fingerprint density at radius 2 is 2.16 bits per heavy atom. The molecule has 1 rings (SSSR count). The Balaban J connectivity index is 3.25. The van der Waals surface area contributed by atoms with Crippen molar-refractivity contribution in [3.63, 3.8) is 0 Å². The van der Waals surface area contributed by atoms with E-state index in [4.69, 9.17) is 5.11 Å². The Morgan fingerprint density at radius 1 is 1.53 bits per heavy atom. The van der Waals surface area contributed by atoms with E-state index in [0.29, 0.717) is 4.47 Å². The van der Waals surface area contributed by atoms with Crippen LogP contribution in [0.2, 0.25) is 0 Å². The molecule has 0 heterocycles. The van der Waals surface area contributed by atoms with Crippen molar-refractivity contribution >= 4 is 31.9 Å². The molecule has 0 radical (unpaired) electrons. The van der Waals surface area contributed by atoms with Gasteiger partial charge in [0.15, 0.2) is 0 Å². The van der Waals surface area contributed by atoms with Crippen LogP contribution in [0.3, 0.4) is 0 Å². The number of hydrogen-bond donors (Lipinski definition) is 1. The largest absolute Gasteiger partial charge is 0.480 e. The van der Waals surface area contributed by atoms with Gasteiger partial charge in [-0.05, 0) is 40.5 Å². The summed E-state index contributed by atoms with van der Waals surface area (Å²) in [6.45, 7) is 4.61. The number of carbonyl (C=O) groups is 1. The van der Waals surface area contributed by atoms with Crippen LogP contribution in [0.4, 0.5) is 0 Å². The highest BCUT2D eigenvalue weighted by Gasteiger charge is 2.27. The second-order valence-corrected chi connectivity index (χ2v) is 6.67. The molecule has 104 valence electrons. The molecule has 0 aliphatic rings. The van der Waals surface area contributed by atoms with Crippen LogP contribution in [0.15, 0.2) is 40.2 Å². The Bertz CT molecular complexity index is 598. The molecule has 1 aromatic carbocycles. The van der Waals surface area contributed by atoms with Crippen LogP contribution >= 0.6 is 15.9 Å². The van der Waals surface area contributed by atoms with Crippen molar-refractivity contribution in [3.05, 3.63) is 40.9 Å². The monoisotopic (exact) mass is 347 g/mol. The molecule has 0 bridgehead atoms. The van der Waals surface area contributed by atoms with Gasteiger partial charge in [0.2, 0.25) is 10.0 Å². The molecular formula is C12H14BrNO4S. The Kier molecular flexibility index (Phi) is 5.28. The van der Waals surface area contributed by atoms with Gasteiger partial charge in [-0.1, -0.05) is 12.1 Å². The first-order valence-corrected chi connectivity index (χ1v) is 7.61. The van der Waals surface area contributed by atoms with Gasteiger partial charge >= 0.3 is 5.97 Å². The van der Waals surface area contributed by atoms with Gasteiger partial charge in [0, 0.05) is 11.0 Å². The molecule has 0 spiro atoms. The van der Waals surface area contributed by atoms with Crippen LogP contribution < -0.4 is 0 Å². The van der Waals surface area contributed by atoms with E-state index >= 15 is 0 Å². The standard InChI is InChI=1S/C12H14BrNO4S/c1-3-6-14(8-12(15)16)19(17,18)11-5-4-9(2)7-10(11)13/h3-5,7H,1,6,8H2,2H3,(H,15,16). The van der Waals surface area contributed by atoms with Crippen LogP contribution in [0.25, 0.3) is 0 Å². The third kappa shape index (κ3) is 3.89. The average Bonchev–Trinajstić information content (AvgIpc) is 2.27. The quantitative estimate of drug-likeness (QED) is 0.798. The predicted octanol–water partition coefficient (Wildman–Crippen LogP) is 2.02. The number of nitrogens with zero attached hydrogens (tertiary/aromatic N) is 1. The van der Waals surface area contributed by atoms with Crippen molar-refractivity contribution in [1.29, 1.82) is 0 Å². The number of hydrogen-bond acceptors (Lipinski definition) is 3. The van der Waals surface area contributed by atoms with Gasteiger partial charge in [-0.25, -0.2) is 8.42 Å². The van der Waals surface area contributed by atoms with Gasteiger partial charge < -0.3 is 5.11 Å². The topological polar surface area (TPSA) is 74.7 Å². The molecule has 7 heteroatoms. The number of aliphatic carboxylic acids is 1. The van der Waals surface area contributed by atoms with E-state index in [1.54, 1.807) is 12.1 Å². The second kappa shape index (κ2) is 6.31. The lowest BCUT2D eigenvalue weighted by Gasteiger charge is -2.19. The minimum absolute atomic E-state index is 0.0428. The maximum atomic E-state index is 12.4. The van der Waals surface area contributed by atoms with E-state index in [2.05, 4.69) is 22.5 Å². The normalized spacial score (nSPS) is 11.5. The molecule has 0 amide bonds. The maximum absolute atomic E-state index is 12.4. The first kappa shape index (κ1) is 15.9. The number of rotatable bonds is 6. The zero-order valence-corrected chi connectivity index (χ0v) is 12.7. The predicted molar refractivity (Wildman–Crippen MR) is 75.5 cm³/mol. The minimum atomic E-state index is -3.87. The molecule has 0 fully saturated rings. The van der Waals surface area contributed by atoms with Gasteiger partial charge in [-0.15, -0.1) is 6.58 Å². The fourth-order valence-corrected chi connectivity index (χ4v) is 4.01. The molecule has 0 unspecified atom stereocenters. The lowest BCUT2D eigenvalue weighted by atomic mass is 10.2. The van der Waals surface area contributed by atoms with E-state index in [0.717, 1.165) is 9.87 Å². The summed E-state index contributed by atoms with van der Waals surface area (Å²) in [5.74, 6) is -1.21.